The van der Waals surface area contributed by atoms with Crippen molar-refractivity contribution >= 4 is 82.5 Å². The number of rotatable bonds is 6. The van der Waals surface area contributed by atoms with Crippen molar-refractivity contribution in [3.63, 3.8) is 0 Å². The molecule has 59 heavy (non-hydrogen) atoms. The molecular formula is C56H35NO2. The van der Waals surface area contributed by atoms with E-state index in [1.54, 1.807) is 0 Å². The van der Waals surface area contributed by atoms with Crippen LogP contribution in [0.5, 0.6) is 0 Å². The van der Waals surface area contributed by atoms with E-state index in [1.807, 2.05) is 12.1 Å². The van der Waals surface area contributed by atoms with Gasteiger partial charge in [0.05, 0.1) is 5.69 Å². The highest BCUT2D eigenvalue weighted by atomic mass is 16.3. The van der Waals surface area contributed by atoms with Crippen molar-refractivity contribution < 1.29 is 8.83 Å². The molecule has 3 nitrogen and oxygen atoms in total. The van der Waals surface area contributed by atoms with Gasteiger partial charge in [-0.15, -0.1) is 0 Å². The van der Waals surface area contributed by atoms with Gasteiger partial charge < -0.3 is 13.7 Å². The van der Waals surface area contributed by atoms with Crippen LogP contribution in [0.1, 0.15) is 0 Å². The fourth-order valence-electron chi connectivity index (χ4n) is 9.04. The fourth-order valence-corrected chi connectivity index (χ4v) is 9.04. The first-order chi connectivity index (χ1) is 29.2. The molecule has 0 spiro atoms. The van der Waals surface area contributed by atoms with Gasteiger partial charge in [0, 0.05) is 49.4 Å². The summed E-state index contributed by atoms with van der Waals surface area (Å²) in [6, 6.07) is 75.8. The Morgan fingerprint density at radius 2 is 0.814 bits per heavy atom. The van der Waals surface area contributed by atoms with E-state index < -0.39 is 0 Å². The molecule has 0 aliphatic heterocycles. The number of furan rings is 2. The number of hydrogen-bond acceptors (Lipinski definition) is 3. The van der Waals surface area contributed by atoms with Gasteiger partial charge in [-0.25, -0.2) is 0 Å². The first-order valence-corrected chi connectivity index (χ1v) is 20.1. The maximum absolute atomic E-state index is 6.52. The molecule has 0 bridgehead atoms. The third-order valence-corrected chi connectivity index (χ3v) is 11.9. The second-order valence-electron chi connectivity index (χ2n) is 15.2. The van der Waals surface area contributed by atoms with Crippen LogP contribution in [-0.2, 0) is 0 Å². The van der Waals surface area contributed by atoms with Gasteiger partial charge in [-0.1, -0.05) is 158 Å². The van der Waals surface area contributed by atoms with Gasteiger partial charge in [0.25, 0.3) is 0 Å². The molecule has 276 valence electrons. The molecule has 0 fully saturated rings. The zero-order valence-electron chi connectivity index (χ0n) is 32.0. The van der Waals surface area contributed by atoms with E-state index in [1.165, 1.54) is 27.3 Å². The molecule has 0 aliphatic carbocycles. The molecule has 0 N–H and O–H groups in total. The van der Waals surface area contributed by atoms with E-state index in [4.69, 9.17) is 8.83 Å². The van der Waals surface area contributed by atoms with Crippen LogP contribution in [0.15, 0.2) is 221 Å². The quantitative estimate of drug-likeness (QED) is 0.169. The Kier molecular flexibility index (Phi) is 7.54. The number of anilines is 3. The molecule has 0 atom stereocenters. The molecule has 10 aromatic carbocycles. The molecule has 0 unspecified atom stereocenters. The summed E-state index contributed by atoms with van der Waals surface area (Å²) in [7, 11) is 0. The van der Waals surface area contributed by atoms with Crippen LogP contribution in [-0.4, -0.2) is 0 Å². The van der Waals surface area contributed by atoms with Crippen LogP contribution < -0.4 is 4.90 Å². The van der Waals surface area contributed by atoms with Gasteiger partial charge in [-0.2, -0.15) is 0 Å². The number of para-hydroxylation sites is 3. The van der Waals surface area contributed by atoms with E-state index in [0.29, 0.717) is 0 Å². The Labute approximate surface area is 340 Å². The Bertz CT molecular complexity index is 3550. The Morgan fingerprint density at radius 3 is 1.63 bits per heavy atom. The minimum atomic E-state index is 0.883. The largest absolute Gasteiger partial charge is 0.455 e. The smallest absolute Gasteiger partial charge is 0.143 e. The van der Waals surface area contributed by atoms with Gasteiger partial charge in [0.1, 0.15) is 22.3 Å². The van der Waals surface area contributed by atoms with Crippen molar-refractivity contribution in [1.29, 1.82) is 0 Å². The predicted octanol–water partition coefficient (Wildman–Crippen LogP) is 16.3. The summed E-state index contributed by atoms with van der Waals surface area (Å²) < 4.78 is 13.0. The van der Waals surface area contributed by atoms with Crippen LogP contribution in [0.3, 0.4) is 0 Å². The first kappa shape index (κ1) is 33.3. The van der Waals surface area contributed by atoms with E-state index in [0.717, 1.165) is 88.6 Å². The van der Waals surface area contributed by atoms with Gasteiger partial charge in [0.2, 0.25) is 0 Å². The summed E-state index contributed by atoms with van der Waals surface area (Å²) in [5.74, 6) is 0. The molecule has 0 radical (unpaired) electrons. The van der Waals surface area contributed by atoms with Crippen molar-refractivity contribution in [2.75, 3.05) is 4.90 Å². The monoisotopic (exact) mass is 753 g/mol. The van der Waals surface area contributed by atoms with Gasteiger partial charge in [0.15, 0.2) is 0 Å². The first-order valence-electron chi connectivity index (χ1n) is 20.1. The zero-order valence-corrected chi connectivity index (χ0v) is 32.0. The lowest BCUT2D eigenvalue weighted by molar-refractivity contribution is 0.670. The number of nitrogens with zero attached hydrogens (tertiary/aromatic N) is 1. The topological polar surface area (TPSA) is 29.5 Å². The highest BCUT2D eigenvalue weighted by Gasteiger charge is 2.20. The summed E-state index contributed by atoms with van der Waals surface area (Å²) in [5.41, 5.74) is 13.6. The predicted molar refractivity (Wildman–Crippen MR) is 247 cm³/mol. The maximum Gasteiger partial charge on any atom is 0.143 e. The Morgan fingerprint density at radius 1 is 0.288 bits per heavy atom. The van der Waals surface area contributed by atoms with Crippen molar-refractivity contribution in [1.82, 2.24) is 0 Å². The van der Waals surface area contributed by atoms with Crippen LogP contribution in [0.2, 0.25) is 0 Å². The highest BCUT2D eigenvalue weighted by Crippen LogP contribution is 2.44. The van der Waals surface area contributed by atoms with Crippen molar-refractivity contribution in [2.45, 2.75) is 0 Å². The third-order valence-electron chi connectivity index (χ3n) is 11.9. The number of hydrogen-bond donors (Lipinski definition) is 0. The van der Waals surface area contributed by atoms with Crippen LogP contribution >= 0.6 is 0 Å². The molecule has 0 saturated carbocycles. The maximum atomic E-state index is 6.52. The summed E-state index contributed by atoms with van der Waals surface area (Å²) in [4.78, 5) is 2.37. The number of benzene rings is 10. The van der Waals surface area contributed by atoms with E-state index in [2.05, 4.69) is 205 Å². The third kappa shape index (κ3) is 5.44. The lowest BCUT2D eigenvalue weighted by Gasteiger charge is -2.28. The second-order valence-corrected chi connectivity index (χ2v) is 15.2. The summed E-state index contributed by atoms with van der Waals surface area (Å²) in [5, 5.41) is 9.26. The van der Waals surface area contributed by atoms with E-state index in [9.17, 15) is 0 Å². The van der Waals surface area contributed by atoms with Crippen LogP contribution in [0.4, 0.5) is 17.1 Å². The Balaban J connectivity index is 1.01. The lowest BCUT2D eigenvalue weighted by Crippen LogP contribution is -2.11. The molecule has 12 rings (SSSR count). The van der Waals surface area contributed by atoms with Crippen molar-refractivity contribution in [2.24, 2.45) is 0 Å². The highest BCUT2D eigenvalue weighted by molar-refractivity contribution is 6.16. The summed E-state index contributed by atoms with van der Waals surface area (Å²) in [6.45, 7) is 0. The summed E-state index contributed by atoms with van der Waals surface area (Å²) >= 11 is 0. The average Bonchev–Trinajstić information content (AvgIpc) is 3.88. The molecule has 2 aromatic heterocycles. The van der Waals surface area contributed by atoms with E-state index in [-0.39, 0.29) is 0 Å². The molecule has 3 heteroatoms. The minimum Gasteiger partial charge on any atom is -0.455 e. The standard InChI is InChI=1S/C56H35NO2/c1-3-14-43-36(11-1)13-9-18-44(43)38-23-29-41(30-24-38)57(42-31-25-39(26-32-42)47-19-10-20-49-48-17-6-8-22-53(48)58-55(47)49)52-21-7-5-15-45(52)40-28-34-54-51(35-40)50-33-27-37-12-2-4-16-46(37)56(50)59-54/h1-35H. The van der Waals surface area contributed by atoms with E-state index >= 15 is 0 Å². The molecule has 0 amide bonds. The van der Waals surface area contributed by atoms with Crippen LogP contribution in [0.25, 0.3) is 98.8 Å². The molecular weight excluding hydrogens is 719 g/mol. The average molecular weight is 754 g/mol. The van der Waals surface area contributed by atoms with Crippen molar-refractivity contribution in [3.05, 3.63) is 212 Å². The normalized spacial score (nSPS) is 11.7. The fraction of sp³-hybridized carbons (Fsp3) is 0. The van der Waals surface area contributed by atoms with Gasteiger partial charge in [-0.05, 0) is 93.0 Å². The molecule has 12 aromatic rings. The van der Waals surface area contributed by atoms with Gasteiger partial charge >= 0.3 is 0 Å². The van der Waals surface area contributed by atoms with Crippen molar-refractivity contribution in [3.8, 4) is 33.4 Å². The van der Waals surface area contributed by atoms with Crippen LogP contribution in [0, 0.1) is 0 Å². The SMILES string of the molecule is c1ccc(N(c2ccc(-c3cccc4ccccc34)cc2)c2ccc(-c3cccc4c3oc3ccccc34)cc2)c(-c2ccc3oc4c5ccccc5ccc4c3c2)c1. The summed E-state index contributed by atoms with van der Waals surface area (Å²) in [6.07, 6.45) is 0. The lowest BCUT2D eigenvalue weighted by atomic mass is 9.97. The zero-order chi connectivity index (χ0) is 38.9. The molecule has 2 heterocycles. The molecule has 0 saturated heterocycles. The Hall–Kier alpha value is -7.88. The number of fused-ring (bicyclic) bond motifs is 9. The second kappa shape index (κ2) is 13.4. The van der Waals surface area contributed by atoms with Gasteiger partial charge in [-0.3, -0.25) is 0 Å². The molecule has 0 aliphatic rings. The minimum absolute atomic E-state index is 0.883.